The second-order valence-corrected chi connectivity index (χ2v) is 7.78. The van der Waals surface area contributed by atoms with Crippen LogP contribution >= 0.6 is 23.2 Å². The Balaban J connectivity index is 2.18. The van der Waals surface area contributed by atoms with Crippen LogP contribution in [0.4, 0.5) is 0 Å². The average molecular weight is 435 g/mol. The molecular formula is C23H28Cl2N2O2. The summed E-state index contributed by atoms with van der Waals surface area (Å²) in [5.41, 5.74) is 3.00. The van der Waals surface area contributed by atoms with Gasteiger partial charge >= 0.3 is 0 Å². The minimum Gasteiger partial charge on any atom is -0.355 e. The predicted octanol–water partition coefficient (Wildman–Crippen LogP) is 5.04. The number of amides is 2. The molecule has 0 aliphatic carbocycles. The van der Waals surface area contributed by atoms with Gasteiger partial charge in [0.1, 0.15) is 6.04 Å². The average Bonchev–Trinajstić information content (AvgIpc) is 2.72. The van der Waals surface area contributed by atoms with E-state index in [2.05, 4.69) is 36.5 Å². The third-order valence-corrected chi connectivity index (χ3v) is 5.68. The summed E-state index contributed by atoms with van der Waals surface area (Å²) in [6, 6.07) is 12.9. The van der Waals surface area contributed by atoms with Gasteiger partial charge in [0.15, 0.2) is 0 Å². The molecule has 2 amide bonds. The molecule has 0 heterocycles. The number of nitrogens with one attached hydrogen (secondary N) is 1. The topological polar surface area (TPSA) is 49.4 Å². The maximum atomic E-state index is 13.1. The second-order valence-electron chi connectivity index (χ2n) is 6.96. The van der Waals surface area contributed by atoms with Crippen molar-refractivity contribution >= 4 is 35.0 Å². The molecule has 0 radical (unpaired) electrons. The van der Waals surface area contributed by atoms with Crippen LogP contribution in [0.1, 0.15) is 43.9 Å². The molecule has 0 saturated heterocycles. The van der Waals surface area contributed by atoms with E-state index in [1.54, 1.807) is 30.0 Å². The lowest BCUT2D eigenvalue weighted by molar-refractivity contribution is -0.140. The van der Waals surface area contributed by atoms with Crippen molar-refractivity contribution in [3.63, 3.8) is 0 Å². The molecule has 0 fully saturated rings. The molecule has 0 bridgehead atoms. The summed E-state index contributed by atoms with van der Waals surface area (Å²) in [5, 5.41) is 3.74. The van der Waals surface area contributed by atoms with Crippen LogP contribution in [0.3, 0.4) is 0 Å². The first-order valence-electron chi connectivity index (χ1n) is 9.95. The van der Waals surface area contributed by atoms with Crippen molar-refractivity contribution in [2.75, 3.05) is 6.54 Å². The standard InChI is InChI=1S/C23H28Cl2N2O2/c1-4-17-9-11-18(12-10-17)13-14-22(28)27(16(3)23(29)26-5-2)15-19-20(24)7-6-8-21(19)25/h6-12,16H,4-5,13-15H2,1-3H3,(H,26,29)/t16-/m0/s1. The lowest BCUT2D eigenvalue weighted by atomic mass is 10.0. The number of aryl methyl sites for hydroxylation is 2. The zero-order chi connectivity index (χ0) is 21.4. The van der Waals surface area contributed by atoms with Gasteiger partial charge in [-0.05, 0) is 49.9 Å². The molecule has 0 unspecified atom stereocenters. The van der Waals surface area contributed by atoms with Crippen LogP contribution in [-0.2, 0) is 29.0 Å². The van der Waals surface area contributed by atoms with Gasteiger partial charge in [0.2, 0.25) is 11.8 Å². The summed E-state index contributed by atoms with van der Waals surface area (Å²) in [6.45, 7) is 6.37. The van der Waals surface area contributed by atoms with E-state index in [9.17, 15) is 9.59 Å². The fraction of sp³-hybridized carbons (Fsp3) is 0.391. The Morgan fingerprint density at radius 1 is 1.00 bits per heavy atom. The van der Waals surface area contributed by atoms with E-state index >= 15 is 0 Å². The maximum Gasteiger partial charge on any atom is 0.242 e. The first-order valence-corrected chi connectivity index (χ1v) is 10.7. The molecule has 0 saturated carbocycles. The maximum absolute atomic E-state index is 13.1. The normalized spacial score (nSPS) is 11.8. The Morgan fingerprint density at radius 3 is 2.14 bits per heavy atom. The minimum atomic E-state index is -0.628. The van der Waals surface area contributed by atoms with E-state index in [0.717, 1.165) is 12.0 Å². The monoisotopic (exact) mass is 434 g/mol. The quantitative estimate of drug-likeness (QED) is 0.600. The van der Waals surface area contributed by atoms with Crippen LogP contribution in [-0.4, -0.2) is 29.3 Å². The first kappa shape index (κ1) is 23.2. The first-order chi connectivity index (χ1) is 13.9. The van der Waals surface area contributed by atoms with Crippen LogP contribution in [0.5, 0.6) is 0 Å². The van der Waals surface area contributed by atoms with Crippen molar-refractivity contribution in [3.8, 4) is 0 Å². The van der Waals surface area contributed by atoms with Gasteiger partial charge in [-0.3, -0.25) is 9.59 Å². The van der Waals surface area contributed by atoms with Crippen LogP contribution < -0.4 is 5.32 Å². The Kier molecular flexibility index (Phi) is 8.99. The predicted molar refractivity (Wildman–Crippen MR) is 119 cm³/mol. The van der Waals surface area contributed by atoms with Crippen molar-refractivity contribution in [2.24, 2.45) is 0 Å². The summed E-state index contributed by atoms with van der Waals surface area (Å²) in [5.74, 6) is -0.310. The van der Waals surface area contributed by atoms with Gasteiger partial charge in [-0.1, -0.05) is 60.5 Å². The third kappa shape index (κ3) is 6.48. The lowest BCUT2D eigenvalue weighted by Crippen LogP contribution is -2.47. The number of rotatable bonds is 9. The van der Waals surface area contributed by atoms with Gasteiger partial charge in [0, 0.05) is 35.1 Å². The highest BCUT2D eigenvalue weighted by atomic mass is 35.5. The third-order valence-electron chi connectivity index (χ3n) is 4.97. The number of likely N-dealkylation sites (N-methyl/N-ethyl adjacent to an activating group) is 1. The summed E-state index contributed by atoms with van der Waals surface area (Å²) in [6.07, 6.45) is 1.89. The molecule has 1 atom stereocenters. The van der Waals surface area contributed by atoms with Gasteiger partial charge in [0.05, 0.1) is 0 Å². The molecule has 6 heteroatoms. The molecule has 2 aromatic carbocycles. The SMILES string of the molecule is CCNC(=O)[C@H](C)N(Cc1c(Cl)cccc1Cl)C(=O)CCc1ccc(CC)cc1. The van der Waals surface area contributed by atoms with E-state index in [0.29, 0.717) is 35.0 Å². The largest absolute Gasteiger partial charge is 0.355 e. The lowest BCUT2D eigenvalue weighted by Gasteiger charge is -2.29. The number of hydrogen-bond acceptors (Lipinski definition) is 2. The van der Waals surface area contributed by atoms with Crippen LogP contribution in [0.15, 0.2) is 42.5 Å². The van der Waals surface area contributed by atoms with Crippen molar-refractivity contribution < 1.29 is 9.59 Å². The van der Waals surface area contributed by atoms with Gasteiger partial charge in [0.25, 0.3) is 0 Å². The van der Waals surface area contributed by atoms with E-state index < -0.39 is 6.04 Å². The highest BCUT2D eigenvalue weighted by Crippen LogP contribution is 2.27. The Morgan fingerprint density at radius 2 is 1.59 bits per heavy atom. The smallest absolute Gasteiger partial charge is 0.242 e. The zero-order valence-corrected chi connectivity index (χ0v) is 18.7. The molecule has 156 valence electrons. The molecule has 1 N–H and O–H groups in total. The Labute approximate surface area is 183 Å². The van der Waals surface area contributed by atoms with Crippen LogP contribution in [0.2, 0.25) is 10.0 Å². The minimum absolute atomic E-state index is 0.112. The van der Waals surface area contributed by atoms with E-state index in [1.165, 1.54) is 5.56 Å². The van der Waals surface area contributed by atoms with Gasteiger partial charge in [-0.15, -0.1) is 0 Å². The van der Waals surface area contributed by atoms with Crippen molar-refractivity contribution in [1.82, 2.24) is 10.2 Å². The van der Waals surface area contributed by atoms with Crippen LogP contribution in [0, 0.1) is 0 Å². The number of nitrogens with zero attached hydrogens (tertiary/aromatic N) is 1. The summed E-state index contributed by atoms with van der Waals surface area (Å²) >= 11 is 12.6. The number of hydrogen-bond donors (Lipinski definition) is 1. The Hall–Kier alpha value is -2.04. The van der Waals surface area contributed by atoms with E-state index in [-0.39, 0.29) is 18.4 Å². The van der Waals surface area contributed by atoms with Gasteiger partial charge < -0.3 is 10.2 Å². The highest BCUT2D eigenvalue weighted by Gasteiger charge is 2.26. The number of benzene rings is 2. The molecule has 0 aromatic heterocycles. The summed E-state index contributed by atoms with van der Waals surface area (Å²) in [4.78, 5) is 27.1. The molecule has 2 rings (SSSR count). The fourth-order valence-electron chi connectivity index (χ4n) is 3.09. The van der Waals surface area contributed by atoms with Crippen LogP contribution in [0.25, 0.3) is 0 Å². The number of carbonyl (C=O) groups excluding carboxylic acids is 2. The molecule has 0 aliphatic heterocycles. The molecule has 4 nitrogen and oxygen atoms in total. The summed E-state index contributed by atoms with van der Waals surface area (Å²) in [7, 11) is 0. The highest BCUT2D eigenvalue weighted by molar-refractivity contribution is 6.36. The molecule has 29 heavy (non-hydrogen) atoms. The van der Waals surface area contributed by atoms with Crippen molar-refractivity contribution in [3.05, 3.63) is 69.2 Å². The number of halogens is 2. The van der Waals surface area contributed by atoms with Crippen molar-refractivity contribution in [2.45, 2.75) is 52.6 Å². The second kappa shape index (κ2) is 11.2. The molecule has 2 aromatic rings. The number of carbonyl (C=O) groups is 2. The molecular weight excluding hydrogens is 407 g/mol. The van der Waals surface area contributed by atoms with E-state index in [1.807, 2.05) is 6.92 Å². The zero-order valence-electron chi connectivity index (χ0n) is 17.2. The molecule has 0 spiro atoms. The fourth-order valence-corrected chi connectivity index (χ4v) is 3.61. The Bertz CT molecular complexity index is 817. The van der Waals surface area contributed by atoms with E-state index in [4.69, 9.17) is 23.2 Å². The summed E-state index contributed by atoms with van der Waals surface area (Å²) < 4.78 is 0. The van der Waals surface area contributed by atoms with Crippen molar-refractivity contribution in [1.29, 1.82) is 0 Å². The molecule has 0 aliphatic rings. The van der Waals surface area contributed by atoms with Gasteiger partial charge in [-0.25, -0.2) is 0 Å². The van der Waals surface area contributed by atoms with Gasteiger partial charge in [-0.2, -0.15) is 0 Å².